The Bertz CT molecular complexity index is 1340. The molecule has 2 heterocycles. The van der Waals surface area contributed by atoms with E-state index in [4.69, 9.17) is 19.2 Å². The van der Waals surface area contributed by atoms with Crippen LogP contribution in [0.1, 0.15) is 18.1 Å². The van der Waals surface area contributed by atoms with Crippen molar-refractivity contribution in [2.45, 2.75) is 19.9 Å². The third kappa shape index (κ3) is 3.71. The molecule has 6 nitrogen and oxygen atoms in total. The number of pyridine rings is 1. The van der Waals surface area contributed by atoms with Gasteiger partial charge in [-0.05, 0) is 47.9 Å². The first-order chi connectivity index (χ1) is 16.1. The van der Waals surface area contributed by atoms with E-state index in [9.17, 15) is 4.79 Å². The standard InChI is InChI=1S/C27H26N2O4/c1-4-33-27(30)29-12-11-22-23(16-29)26(18-13-19(31-2)15-20(14-18)32-3)28-24-10-9-17-7-5-6-8-21(17)25(22)24/h5-10,13-15H,4,11-12,16H2,1-3H3. The summed E-state index contributed by atoms with van der Waals surface area (Å²) in [6, 6.07) is 18.3. The number of hydrogen-bond donors (Lipinski definition) is 0. The number of nitrogens with zero attached hydrogens (tertiary/aromatic N) is 2. The number of rotatable bonds is 4. The van der Waals surface area contributed by atoms with E-state index in [0.29, 0.717) is 31.2 Å². The summed E-state index contributed by atoms with van der Waals surface area (Å²) < 4.78 is 16.3. The molecule has 1 aromatic heterocycles. The van der Waals surface area contributed by atoms with E-state index >= 15 is 0 Å². The number of amides is 1. The Labute approximate surface area is 192 Å². The van der Waals surface area contributed by atoms with E-state index in [1.807, 2.05) is 31.2 Å². The molecule has 1 aliphatic heterocycles. The molecule has 0 saturated heterocycles. The molecule has 0 aliphatic carbocycles. The highest BCUT2D eigenvalue weighted by Crippen LogP contribution is 2.39. The Morgan fingerprint density at radius 3 is 2.48 bits per heavy atom. The van der Waals surface area contributed by atoms with Crippen molar-refractivity contribution < 1.29 is 19.0 Å². The Morgan fingerprint density at radius 2 is 1.76 bits per heavy atom. The van der Waals surface area contributed by atoms with Crippen molar-refractivity contribution >= 4 is 27.8 Å². The smallest absolute Gasteiger partial charge is 0.410 e. The molecule has 3 aromatic carbocycles. The van der Waals surface area contributed by atoms with Crippen LogP contribution in [0.3, 0.4) is 0 Å². The molecule has 6 heteroatoms. The average Bonchev–Trinajstić information content (AvgIpc) is 2.87. The second-order valence-electron chi connectivity index (χ2n) is 8.07. The van der Waals surface area contributed by atoms with Gasteiger partial charge in [0, 0.05) is 29.1 Å². The molecule has 0 unspecified atom stereocenters. The Balaban J connectivity index is 1.79. The van der Waals surface area contributed by atoms with E-state index in [2.05, 4.69) is 30.3 Å². The number of carbonyl (C=O) groups excluding carboxylic acids is 1. The van der Waals surface area contributed by atoms with Crippen LogP contribution in [0, 0.1) is 0 Å². The molecule has 1 aliphatic rings. The maximum atomic E-state index is 12.6. The van der Waals surface area contributed by atoms with Gasteiger partial charge in [0.2, 0.25) is 0 Å². The van der Waals surface area contributed by atoms with E-state index in [1.165, 1.54) is 16.3 Å². The second kappa shape index (κ2) is 8.62. The molecule has 5 rings (SSSR count). The first kappa shape index (κ1) is 21.1. The SMILES string of the molecule is CCOC(=O)N1CCc2c(c(-c3cc(OC)cc(OC)c3)nc3ccc4ccccc4c23)C1. The summed E-state index contributed by atoms with van der Waals surface area (Å²) in [5.41, 5.74) is 4.93. The molecule has 168 valence electrons. The Morgan fingerprint density at radius 1 is 1.00 bits per heavy atom. The van der Waals surface area contributed by atoms with Gasteiger partial charge in [-0.3, -0.25) is 0 Å². The zero-order valence-corrected chi connectivity index (χ0v) is 19.1. The van der Waals surface area contributed by atoms with Crippen molar-refractivity contribution in [1.29, 1.82) is 0 Å². The normalized spacial score (nSPS) is 13.1. The predicted octanol–water partition coefficient (Wildman–Crippen LogP) is 5.59. The van der Waals surface area contributed by atoms with Crippen molar-refractivity contribution in [1.82, 2.24) is 9.88 Å². The van der Waals surface area contributed by atoms with Crippen LogP contribution < -0.4 is 9.47 Å². The van der Waals surface area contributed by atoms with Crippen LogP contribution in [-0.4, -0.2) is 43.3 Å². The Hall–Kier alpha value is -3.80. The van der Waals surface area contributed by atoms with Crippen molar-refractivity contribution in [3.8, 4) is 22.8 Å². The van der Waals surface area contributed by atoms with Gasteiger partial charge in [-0.25, -0.2) is 9.78 Å². The summed E-state index contributed by atoms with van der Waals surface area (Å²) in [6.45, 7) is 3.22. The van der Waals surface area contributed by atoms with Gasteiger partial charge in [0.05, 0.1) is 38.6 Å². The molecule has 0 bridgehead atoms. The summed E-state index contributed by atoms with van der Waals surface area (Å²) in [7, 11) is 3.27. The van der Waals surface area contributed by atoms with Crippen LogP contribution in [0.15, 0.2) is 54.6 Å². The van der Waals surface area contributed by atoms with Crippen LogP contribution in [0.4, 0.5) is 4.79 Å². The quantitative estimate of drug-likeness (QED) is 0.386. The largest absolute Gasteiger partial charge is 0.497 e. The summed E-state index contributed by atoms with van der Waals surface area (Å²) >= 11 is 0. The molecule has 0 fully saturated rings. The van der Waals surface area contributed by atoms with Gasteiger partial charge in [0.25, 0.3) is 0 Å². The van der Waals surface area contributed by atoms with Gasteiger partial charge < -0.3 is 19.1 Å². The number of hydrogen-bond acceptors (Lipinski definition) is 5. The molecule has 0 atom stereocenters. The number of fused-ring (bicyclic) bond motifs is 5. The summed E-state index contributed by atoms with van der Waals surface area (Å²) in [5, 5.41) is 3.51. The summed E-state index contributed by atoms with van der Waals surface area (Å²) in [4.78, 5) is 19.4. The lowest BCUT2D eigenvalue weighted by molar-refractivity contribution is 0.103. The van der Waals surface area contributed by atoms with Gasteiger partial charge >= 0.3 is 6.09 Å². The maximum absolute atomic E-state index is 12.6. The molecule has 0 N–H and O–H groups in total. The zero-order chi connectivity index (χ0) is 22.9. The van der Waals surface area contributed by atoms with Gasteiger partial charge in [-0.1, -0.05) is 30.3 Å². The van der Waals surface area contributed by atoms with Crippen molar-refractivity contribution in [3.63, 3.8) is 0 Å². The third-order valence-electron chi connectivity index (χ3n) is 6.22. The van der Waals surface area contributed by atoms with Crippen LogP contribution in [0.25, 0.3) is 32.9 Å². The molecule has 0 saturated carbocycles. The van der Waals surface area contributed by atoms with E-state index in [0.717, 1.165) is 34.1 Å². The summed E-state index contributed by atoms with van der Waals surface area (Å²) in [5.74, 6) is 1.38. The molecule has 0 spiro atoms. The lowest BCUT2D eigenvalue weighted by Gasteiger charge is -2.30. The third-order valence-corrected chi connectivity index (χ3v) is 6.22. The first-order valence-electron chi connectivity index (χ1n) is 11.1. The van der Waals surface area contributed by atoms with E-state index < -0.39 is 0 Å². The van der Waals surface area contributed by atoms with Gasteiger partial charge in [0.1, 0.15) is 11.5 Å². The lowest BCUT2D eigenvalue weighted by atomic mass is 9.89. The molecular weight excluding hydrogens is 416 g/mol. The predicted molar refractivity (Wildman–Crippen MR) is 129 cm³/mol. The van der Waals surface area contributed by atoms with Crippen molar-refractivity contribution in [2.75, 3.05) is 27.4 Å². The van der Waals surface area contributed by atoms with E-state index in [-0.39, 0.29) is 6.09 Å². The number of carbonyl (C=O) groups is 1. The molecule has 33 heavy (non-hydrogen) atoms. The van der Waals surface area contributed by atoms with Crippen molar-refractivity contribution in [3.05, 3.63) is 65.7 Å². The minimum atomic E-state index is -0.296. The fourth-order valence-corrected chi connectivity index (χ4v) is 4.67. The van der Waals surface area contributed by atoms with E-state index in [1.54, 1.807) is 19.1 Å². The number of methoxy groups -OCH3 is 2. The maximum Gasteiger partial charge on any atom is 0.410 e. The van der Waals surface area contributed by atoms with Crippen LogP contribution in [0.2, 0.25) is 0 Å². The highest BCUT2D eigenvalue weighted by molar-refractivity contribution is 6.09. The number of ether oxygens (including phenoxy) is 3. The molecule has 4 aromatic rings. The minimum absolute atomic E-state index is 0.296. The fraction of sp³-hybridized carbons (Fsp3) is 0.259. The number of aromatic nitrogens is 1. The Kier molecular flexibility index (Phi) is 5.50. The molecule has 0 radical (unpaired) electrons. The highest BCUT2D eigenvalue weighted by Gasteiger charge is 2.28. The van der Waals surface area contributed by atoms with Gasteiger partial charge in [-0.15, -0.1) is 0 Å². The molecular formula is C27H26N2O4. The average molecular weight is 443 g/mol. The number of benzene rings is 3. The van der Waals surface area contributed by atoms with Gasteiger partial charge in [-0.2, -0.15) is 0 Å². The topological polar surface area (TPSA) is 60.9 Å². The lowest BCUT2D eigenvalue weighted by Crippen LogP contribution is -2.37. The van der Waals surface area contributed by atoms with Gasteiger partial charge in [0.15, 0.2) is 0 Å². The fourth-order valence-electron chi connectivity index (χ4n) is 4.67. The van der Waals surface area contributed by atoms with Crippen LogP contribution in [0.5, 0.6) is 11.5 Å². The van der Waals surface area contributed by atoms with Crippen LogP contribution >= 0.6 is 0 Å². The zero-order valence-electron chi connectivity index (χ0n) is 19.1. The van der Waals surface area contributed by atoms with Crippen LogP contribution in [-0.2, 0) is 17.7 Å². The second-order valence-corrected chi connectivity index (χ2v) is 8.07. The monoisotopic (exact) mass is 442 g/mol. The highest BCUT2D eigenvalue weighted by atomic mass is 16.6. The minimum Gasteiger partial charge on any atom is -0.497 e. The van der Waals surface area contributed by atoms with Crippen molar-refractivity contribution in [2.24, 2.45) is 0 Å². The molecule has 1 amide bonds. The summed E-state index contributed by atoms with van der Waals surface area (Å²) in [6.07, 6.45) is 0.435. The first-order valence-corrected chi connectivity index (χ1v) is 11.1.